The number of nitrogens with two attached hydrogens (primary N) is 2. The smallest absolute Gasteiger partial charge is 0.275 e. The molecule has 0 fully saturated rings. The average molecular weight is 325 g/mol. The molecule has 0 unspecified atom stereocenters. The first-order valence-corrected chi connectivity index (χ1v) is 7.23. The van der Waals surface area contributed by atoms with Crippen molar-refractivity contribution in [3.8, 4) is 22.6 Å². The summed E-state index contributed by atoms with van der Waals surface area (Å²) >= 11 is 0. The summed E-state index contributed by atoms with van der Waals surface area (Å²) in [5, 5.41) is 19.2. The Morgan fingerprint density at radius 3 is 2.42 bits per heavy atom. The number of nitrogens with zero attached hydrogens (tertiary/aromatic N) is 1. The van der Waals surface area contributed by atoms with E-state index in [2.05, 4.69) is 4.99 Å². The summed E-state index contributed by atoms with van der Waals surface area (Å²) in [5.74, 6) is -1.21. The molecule has 2 rings (SSSR count). The second-order valence-corrected chi connectivity index (χ2v) is 5.46. The molecule has 0 heterocycles. The molecule has 2 aromatic carbocycles. The Morgan fingerprint density at radius 2 is 1.79 bits per heavy atom. The predicted octanol–water partition coefficient (Wildman–Crippen LogP) is 2.28. The van der Waals surface area contributed by atoms with Crippen molar-refractivity contribution < 1.29 is 15.0 Å². The van der Waals surface area contributed by atoms with Crippen LogP contribution in [0.25, 0.3) is 17.2 Å². The fourth-order valence-electron chi connectivity index (χ4n) is 2.24. The largest absolute Gasteiger partial charge is 0.504 e. The van der Waals surface area contributed by atoms with Crippen LogP contribution in [0.4, 0.5) is 0 Å². The van der Waals surface area contributed by atoms with Gasteiger partial charge in [-0.2, -0.15) is 4.99 Å². The zero-order valence-electron chi connectivity index (χ0n) is 13.4. The maximum absolute atomic E-state index is 11.9. The van der Waals surface area contributed by atoms with Crippen molar-refractivity contribution >= 4 is 17.9 Å². The summed E-state index contributed by atoms with van der Waals surface area (Å²) in [5.41, 5.74) is 14.1. The number of rotatable bonds is 3. The van der Waals surface area contributed by atoms with Gasteiger partial charge in [0.1, 0.15) is 0 Å². The van der Waals surface area contributed by atoms with Gasteiger partial charge < -0.3 is 21.7 Å². The molecule has 0 spiro atoms. The number of amides is 1. The fourth-order valence-corrected chi connectivity index (χ4v) is 2.24. The number of phenolic OH excluding ortho intramolecular Hbond substituents is 2. The van der Waals surface area contributed by atoms with Gasteiger partial charge >= 0.3 is 0 Å². The van der Waals surface area contributed by atoms with Crippen molar-refractivity contribution in [1.29, 1.82) is 0 Å². The summed E-state index contributed by atoms with van der Waals surface area (Å²) in [7, 11) is 0. The summed E-state index contributed by atoms with van der Waals surface area (Å²) in [6, 6.07) is 10.3. The van der Waals surface area contributed by atoms with Crippen LogP contribution >= 0.6 is 0 Å². The zero-order valence-corrected chi connectivity index (χ0v) is 13.4. The molecule has 0 aromatic heterocycles. The van der Waals surface area contributed by atoms with E-state index in [-0.39, 0.29) is 17.5 Å². The standard InChI is InChI=1S/C18H19N3O3/c1-10-3-4-12(8-11(2)17(24)21-18(19)20)14(7-10)13-5-6-15(22)16(23)9-13/h3-9,22-23H,1-2H3,(H4,19,20,21,24). The van der Waals surface area contributed by atoms with Crippen molar-refractivity contribution in [2.24, 2.45) is 16.5 Å². The molecule has 0 aliphatic carbocycles. The molecule has 2 aromatic rings. The highest BCUT2D eigenvalue weighted by Crippen LogP contribution is 2.33. The summed E-state index contributed by atoms with van der Waals surface area (Å²) < 4.78 is 0. The van der Waals surface area contributed by atoms with E-state index in [0.717, 1.165) is 16.7 Å². The second kappa shape index (κ2) is 6.87. The lowest BCUT2D eigenvalue weighted by Gasteiger charge is -2.10. The van der Waals surface area contributed by atoms with Crippen molar-refractivity contribution in [2.45, 2.75) is 13.8 Å². The molecular formula is C18H19N3O3. The number of aryl methyl sites for hydroxylation is 1. The van der Waals surface area contributed by atoms with Gasteiger partial charge in [-0.25, -0.2) is 0 Å². The van der Waals surface area contributed by atoms with Crippen molar-refractivity contribution in [3.63, 3.8) is 0 Å². The molecule has 0 atom stereocenters. The molecule has 24 heavy (non-hydrogen) atoms. The van der Waals surface area contributed by atoms with E-state index in [0.29, 0.717) is 11.1 Å². The van der Waals surface area contributed by atoms with Gasteiger partial charge in [0, 0.05) is 5.57 Å². The Hall–Kier alpha value is -3.28. The zero-order chi connectivity index (χ0) is 17.9. The third kappa shape index (κ3) is 3.92. The van der Waals surface area contributed by atoms with E-state index in [9.17, 15) is 15.0 Å². The number of carbonyl (C=O) groups is 1. The van der Waals surface area contributed by atoms with Gasteiger partial charge in [0.05, 0.1) is 0 Å². The second-order valence-electron chi connectivity index (χ2n) is 5.46. The number of hydrogen-bond acceptors (Lipinski definition) is 3. The Bertz CT molecular complexity index is 851. The minimum Gasteiger partial charge on any atom is -0.504 e. The van der Waals surface area contributed by atoms with E-state index in [1.165, 1.54) is 12.1 Å². The lowest BCUT2D eigenvalue weighted by Crippen LogP contribution is -2.24. The maximum Gasteiger partial charge on any atom is 0.275 e. The normalized spacial score (nSPS) is 11.2. The van der Waals surface area contributed by atoms with Crippen molar-refractivity contribution in [1.82, 2.24) is 0 Å². The van der Waals surface area contributed by atoms with Gasteiger partial charge in [-0.05, 0) is 48.7 Å². The molecule has 0 saturated heterocycles. The third-order valence-corrected chi connectivity index (χ3v) is 3.44. The minimum atomic E-state index is -0.518. The van der Waals surface area contributed by atoms with Crippen LogP contribution in [0.1, 0.15) is 18.1 Å². The SMILES string of the molecule is CC(=Cc1ccc(C)cc1-c1ccc(O)c(O)c1)C(=O)N=C(N)N. The molecule has 0 radical (unpaired) electrons. The number of hydrogen-bond donors (Lipinski definition) is 4. The van der Waals surface area contributed by atoms with Gasteiger partial charge in [-0.3, -0.25) is 4.79 Å². The molecule has 1 amide bonds. The summed E-state index contributed by atoms with van der Waals surface area (Å²) in [4.78, 5) is 15.4. The lowest BCUT2D eigenvalue weighted by atomic mass is 9.96. The number of aromatic hydroxyl groups is 2. The van der Waals surface area contributed by atoms with Gasteiger partial charge in [-0.15, -0.1) is 0 Å². The van der Waals surface area contributed by atoms with E-state index < -0.39 is 5.91 Å². The molecule has 6 heteroatoms. The Kier molecular flexibility index (Phi) is 4.89. The number of phenols is 2. The van der Waals surface area contributed by atoms with Crippen LogP contribution in [0, 0.1) is 6.92 Å². The maximum atomic E-state index is 11.9. The third-order valence-electron chi connectivity index (χ3n) is 3.44. The van der Waals surface area contributed by atoms with Crippen LogP contribution in [0.15, 0.2) is 47.0 Å². The number of guanidine groups is 1. The van der Waals surface area contributed by atoms with E-state index >= 15 is 0 Å². The molecule has 0 saturated carbocycles. The molecule has 124 valence electrons. The fraction of sp³-hybridized carbons (Fsp3) is 0.111. The van der Waals surface area contributed by atoms with Crippen molar-refractivity contribution in [2.75, 3.05) is 0 Å². The van der Waals surface area contributed by atoms with Gasteiger partial charge in [0.25, 0.3) is 5.91 Å². The molecule has 0 aliphatic rings. The average Bonchev–Trinajstić information content (AvgIpc) is 2.51. The molecular weight excluding hydrogens is 306 g/mol. The monoisotopic (exact) mass is 325 g/mol. The lowest BCUT2D eigenvalue weighted by molar-refractivity contribution is -0.114. The van der Waals surface area contributed by atoms with Gasteiger partial charge in [0.2, 0.25) is 0 Å². The first kappa shape index (κ1) is 17.1. The van der Waals surface area contributed by atoms with Crippen LogP contribution in [0.3, 0.4) is 0 Å². The summed E-state index contributed by atoms with van der Waals surface area (Å²) in [6.45, 7) is 3.56. The number of carbonyl (C=O) groups excluding carboxylic acids is 1. The highest BCUT2D eigenvalue weighted by atomic mass is 16.3. The van der Waals surface area contributed by atoms with E-state index in [1.54, 1.807) is 19.1 Å². The molecule has 0 aliphatic heterocycles. The Labute approximate surface area is 139 Å². The Morgan fingerprint density at radius 1 is 1.08 bits per heavy atom. The first-order chi connectivity index (χ1) is 11.3. The summed E-state index contributed by atoms with van der Waals surface area (Å²) in [6.07, 6.45) is 1.67. The van der Waals surface area contributed by atoms with Gasteiger partial charge in [-0.1, -0.05) is 29.8 Å². The van der Waals surface area contributed by atoms with Crippen molar-refractivity contribution in [3.05, 3.63) is 53.1 Å². The number of aliphatic imine (C=N–C) groups is 1. The molecule has 0 bridgehead atoms. The van der Waals surface area contributed by atoms with Gasteiger partial charge in [0.15, 0.2) is 17.5 Å². The van der Waals surface area contributed by atoms with Crippen LogP contribution < -0.4 is 11.5 Å². The highest BCUT2D eigenvalue weighted by molar-refractivity contribution is 6.04. The van der Waals surface area contributed by atoms with Crippen LogP contribution in [0.2, 0.25) is 0 Å². The van der Waals surface area contributed by atoms with Crippen LogP contribution in [-0.2, 0) is 4.79 Å². The molecule has 6 nitrogen and oxygen atoms in total. The molecule has 6 N–H and O–H groups in total. The topological polar surface area (TPSA) is 122 Å². The first-order valence-electron chi connectivity index (χ1n) is 7.23. The van der Waals surface area contributed by atoms with Crippen LogP contribution in [0.5, 0.6) is 11.5 Å². The number of benzene rings is 2. The van der Waals surface area contributed by atoms with E-state index in [1.807, 2.05) is 25.1 Å². The van der Waals surface area contributed by atoms with Crippen LogP contribution in [-0.4, -0.2) is 22.1 Å². The van der Waals surface area contributed by atoms with E-state index in [4.69, 9.17) is 11.5 Å². The quantitative estimate of drug-likeness (QED) is 0.298. The minimum absolute atomic E-state index is 0.192. The highest BCUT2D eigenvalue weighted by Gasteiger charge is 2.10. The predicted molar refractivity (Wildman–Crippen MR) is 94.4 cm³/mol. The Balaban J connectivity index is 2.54.